The molecule has 0 aliphatic heterocycles. The van der Waals surface area contributed by atoms with Gasteiger partial charge in [0.05, 0.1) is 53.2 Å². The molecule has 0 saturated carbocycles. The molecule has 6 rings (SSSR count). The van der Waals surface area contributed by atoms with Crippen molar-refractivity contribution in [2.75, 3.05) is 41.2 Å². The molecular weight excluding hydrogens is 1190 g/mol. The zero-order valence-electron chi connectivity index (χ0n) is 57.9. The summed E-state index contributed by atoms with van der Waals surface area (Å²) < 4.78 is 33.1. The number of rotatable bonds is 29. The number of aryl methyl sites for hydroxylation is 5. The summed E-state index contributed by atoms with van der Waals surface area (Å²) in [5, 5.41) is 8.37. The van der Waals surface area contributed by atoms with Crippen molar-refractivity contribution in [2.24, 2.45) is 0 Å². The molecular formula is C78H108O16. The maximum atomic E-state index is 11.5. The summed E-state index contributed by atoms with van der Waals surface area (Å²) in [4.78, 5) is 86.4. The summed E-state index contributed by atoms with van der Waals surface area (Å²) in [5.41, 5.74) is 6.77. The highest BCUT2D eigenvalue weighted by Crippen LogP contribution is 2.17. The Morgan fingerprint density at radius 2 is 0.574 bits per heavy atom. The lowest BCUT2D eigenvalue weighted by atomic mass is 10.0. The fourth-order valence-corrected chi connectivity index (χ4v) is 7.72. The molecule has 0 bridgehead atoms. The van der Waals surface area contributed by atoms with Gasteiger partial charge in [-0.15, -0.1) is 0 Å². The number of ether oxygens (including phenoxy) is 7. The van der Waals surface area contributed by atoms with Crippen molar-refractivity contribution >= 4 is 47.8 Å². The first-order valence-electron chi connectivity index (χ1n) is 32.7. The highest BCUT2D eigenvalue weighted by atomic mass is 16.6. The van der Waals surface area contributed by atoms with Crippen LogP contribution < -0.4 is 0 Å². The number of carbonyl (C=O) groups excluding carboxylic acids is 7. The lowest BCUT2D eigenvalue weighted by Gasteiger charge is -2.13. The van der Waals surface area contributed by atoms with Crippen LogP contribution in [0.4, 0.5) is 0 Å². The van der Waals surface area contributed by atoms with E-state index in [2.05, 4.69) is 28.1 Å². The predicted molar refractivity (Wildman–Crippen MR) is 372 cm³/mol. The summed E-state index contributed by atoms with van der Waals surface area (Å²) in [7, 11) is 4.24. The third-order valence-electron chi connectivity index (χ3n) is 12.9. The number of carboxylic acid groups (broad SMARTS) is 1. The summed E-state index contributed by atoms with van der Waals surface area (Å²) in [6.45, 7) is 16.7. The van der Waals surface area contributed by atoms with Gasteiger partial charge in [0, 0.05) is 44.9 Å². The predicted octanol–water partition coefficient (Wildman–Crippen LogP) is 16.3. The lowest BCUT2D eigenvalue weighted by Crippen LogP contribution is -2.17. The summed E-state index contributed by atoms with van der Waals surface area (Å²) >= 11 is 0. The zero-order chi connectivity index (χ0) is 70.2. The molecule has 6 aromatic carbocycles. The maximum absolute atomic E-state index is 11.5. The van der Waals surface area contributed by atoms with Gasteiger partial charge in [-0.05, 0) is 120 Å². The van der Waals surface area contributed by atoms with Gasteiger partial charge in [0.2, 0.25) is 0 Å². The normalized spacial score (nSPS) is 9.91. The minimum absolute atomic E-state index is 0.0475. The van der Waals surface area contributed by atoms with Crippen molar-refractivity contribution in [3.8, 4) is 0 Å². The van der Waals surface area contributed by atoms with E-state index in [4.69, 9.17) is 24.1 Å². The molecule has 1 N–H and O–H groups in total. The third-order valence-corrected chi connectivity index (χ3v) is 12.9. The van der Waals surface area contributed by atoms with Crippen LogP contribution in [0, 0.1) is 0 Å². The largest absolute Gasteiger partial charge is 0.481 e. The molecule has 516 valence electrons. The molecule has 16 nitrogen and oxygen atoms in total. The van der Waals surface area contributed by atoms with E-state index >= 15 is 0 Å². The molecule has 1 atom stereocenters. The first kappa shape index (κ1) is 87.1. The quantitative estimate of drug-likeness (QED) is 0.0262. The first-order valence-corrected chi connectivity index (χ1v) is 32.7. The van der Waals surface area contributed by atoms with Crippen LogP contribution in [-0.2, 0) is 104 Å². The van der Waals surface area contributed by atoms with Crippen molar-refractivity contribution in [3.63, 3.8) is 0 Å². The van der Waals surface area contributed by atoms with Crippen LogP contribution >= 0.6 is 0 Å². The second-order valence-corrected chi connectivity index (χ2v) is 21.0. The highest BCUT2D eigenvalue weighted by Gasteiger charge is 2.17. The standard InChI is InChI=1S/C12H16O2.2C11H14O2.2C10H12O2.C9H10O2.C8H16O2.C7H14O2/c1-9(2)14-12(13)10(3)11-7-5-4-6-8-11;2*1-2-13-11(12)9-8-10-6-4-3-5-7-10;2*1-12-10(11)8-7-9-5-3-2-4-6-9;10-9(11)7-6-8-4-2-1-3-5-8;1-3-5-6-7-8(9)10-4-2;1-3-4-5-6-7(8)9-2/h4-10H,1-3H3;2*3-7H,2,8-9H2,1H3;2*2-6H,7-8H2,1H3;1-5H,6-7H2,(H,10,11);3-7H2,1-2H3;3-6H2,1-2H3. The molecule has 94 heavy (non-hydrogen) atoms. The van der Waals surface area contributed by atoms with Crippen molar-refractivity contribution in [1.29, 1.82) is 0 Å². The Kier molecular flexibility index (Phi) is 57.1. The second kappa shape index (κ2) is 61.6. The molecule has 16 heteroatoms. The van der Waals surface area contributed by atoms with Crippen LogP contribution in [0.5, 0.6) is 0 Å². The first-order chi connectivity index (χ1) is 45.3. The van der Waals surface area contributed by atoms with Crippen LogP contribution in [0.2, 0.25) is 0 Å². The number of hydrogen-bond donors (Lipinski definition) is 1. The van der Waals surface area contributed by atoms with Gasteiger partial charge < -0.3 is 38.3 Å². The number of benzene rings is 6. The Balaban J connectivity index is 0. The van der Waals surface area contributed by atoms with Gasteiger partial charge in [-0.1, -0.05) is 222 Å². The van der Waals surface area contributed by atoms with Crippen molar-refractivity contribution in [3.05, 3.63) is 215 Å². The Morgan fingerprint density at radius 3 is 0.830 bits per heavy atom. The second-order valence-electron chi connectivity index (χ2n) is 21.0. The smallest absolute Gasteiger partial charge is 0.313 e. The van der Waals surface area contributed by atoms with Crippen LogP contribution in [-0.4, -0.2) is 100 Å². The molecule has 6 aromatic rings. The average Bonchev–Trinajstić information content (AvgIpc) is 2.39. The van der Waals surface area contributed by atoms with Gasteiger partial charge in [0.25, 0.3) is 0 Å². The number of aliphatic carboxylic acids is 1. The molecule has 0 amide bonds. The number of methoxy groups -OCH3 is 3. The van der Waals surface area contributed by atoms with E-state index in [9.17, 15) is 38.4 Å². The third kappa shape index (κ3) is 54.8. The number of hydrogen-bond acceptors (Lipinski definition) is 15. The Hall–Kier alpha value is -8.92. The molecule has 1 unspecified atom stereocenters. The minimum atomic E-state index is -0.742. The molecule has 0 spiro atoms. The molecule has 0 heterocycles. The van der Waals surface area contributed by atoms with E-state index in [0.717, 1.165) is 75.3 Å². The fraction of sp³-hybridized carbons (Fsp3) is 0.436. The topological polar surface area (TPSA) is 221 Å². The van der Waals surface area contributed by atoms with Gasteiger partial charge in [-0.25, -0.2) is 0 Å². The van der Waals surface area contributed by atoms with E-state index in [1.807, 2.05) is 224 Å². The molecule has 0 aromatic heterocycles. The van der Waals surface area contributed by atoms with Gasteiger partial charge in [-0.3, -0.25) is 38.4 Å². The van der Waals surface area contributed by atoms with Gasteiger partial charge in [0.1, 0.15) is 0 Å². The van der Waals surface area contributed by atoms with E-state index < -0.39 is 5.97 Å². The SMILES string of the molecule is CC(C)OC(=O)C(C)c1ccccc1.CCCCCC(=O)OC.CCCCCC(=O)OCC.CCOC(=O)CCc1ccccc1.CCOC(=O)CCc1ccccc1.COC(=O)CCc1ccccc1.COC(=O)CCc1ccccc1.O=C(O)CCc1ccccc1. The Bertz CT molecular complexity index is 2700. The van der Waals surface area contributed by atoms with Crippen molar-refractivity contribution in [1.82, 2.24) is 0 Å². The summed E-state index contributed by atoms with van der Waals surface area (Å²) in [6, 6.07) is 58.9. The van der Waals surface area contributed by atoms with E-state index in [1.165, 1.54) is 43.6 Å². The monoisotopic (exact) mass is 1300 g/mol. The van der Waals surface area contributed by atoms with Gasteiger partial charge >= 0.3 is 47.8 Å². The lowest BCUT2D eigenvalue weighted by molar-refractivity contribution is -0.149. The Morgan fingerprint density at radius 1 is 0.330 bits per heavy atom. The van der Waals surface area contributed by atoms with E-state index in [1.54, 1.807) is 0 Å². The number of carboxylic acids is 1. The molecule has 0 aliphatic rings. The molecule has 0 fully saturated rings. The fourth-order valence-electron chi connectivity index (χ4n) is 7.72. The zero-order valence-corrected chi connectivity index (χ0v) is 57.9. The average molecular weight is 1300 g/mol. The van der Waals surface area contributed by atoms with Crippen molar-refractivity contribution < 1.29 is 76.6 Å². The van der Waals surface area contributed by atoms with Crippen LogP contribution in [0.3, 0.4) is 0 Å². The maximum Gasteiger partial charge on any atom is 0.313 e. The summed E-state index contributed by atoms with van der Waals surface area (Å²) in [5.74, 6) is -1.78. The number of esters is 7. The molecule has 0 saturated heterocycles. The van der Waals surface area contributed by atoms with Gasteiger partial charge in [0.15, 0.2) is 0 Å². The number of unbranched alkanes of at least 4 members (excludes halogenated alkanes) is 4. The van der Waals surface area contributed by atoms with Crippen LogP contribution in [0.15, 0.2) is 182 Å². The molecule has 0 aliphatic carbocycles. The highest BCUT2D eigenvalue weighted by molar-refractivity contribution is 5.78. The van der Waals surface area contributed by atoms with Crippen LogP contribution in [0.25, 0.3) is 0 Å². The van der Waals surface area contributed by atoms with E-state index in [-0.39, 0.29) is 60.2 Å². The number of carbonyl (C=O) groups is 8. The van der Waals surface area contributed by atoms with Gasteiger partial charge in [-0.2, -0.15) is 0 Å². The minimum Gasteiger partial charge on any atom is -0.481 e. The molecule has 0 radical (unpaired) electrons. The van der Waals surface area contributed by atoms with Crippen molar-refractivity contribution in [2.45, 2.75) is 183 Å². The van der Waals surface area contributed by atoms with E-state index in [0.29, 0.717) is 64.8 Å². The van der Waals surface area contributed by atoms with Crippen LogP contribution in [0.1, 0.15) is 178 Å². The summed E-state index contributed by atoms with van der Waals surface area (Å²) in [6.07, 6.45) is 13.3. The Labute approximate surface area is 561 Å².